The Morgan fingerprint density at radius 3 is 3.05 bits per heavy atom. The number of fused-ring (bicyclic) bond motifs is 1. The molecule has 0 spiro atoms. The first-order chi connectivity index (χ1) is 10.3. The lowest BCUT2D eigenvalue weighted by Gasteiger charge is -2.01. The van der Waals surface area contributed by atoms with E-state index in [9.17, 15) is 4.79 Å². The number of rotatable bonds is 3. The van der Waals surface area contributed by atoms with Gasteiger partial charge in [0.25, 0.3) is 5.56 Å². The monoisotopic (exact) mass is 315 g/mol. The maximum Gasteiger partial charge on any atom is 0.271 e. The molecule has 0 amide bonds. The third kappa shape index (κ3) is 2.20. The van der Waals surface area contributed by atoms with Gasteiger partial charge in [-0.15, -0.1) is 22.7 Å². The maximum atomic E-state index is 12.3. The van der Waals surface area contributed by atoms with Crippen molar-refractivity contribution in [3.63, 3.8) is 0 Å². The minimum absolute atomic E-state index is 0.0457. The molecule has 5 nitrogen and oxygen atoms in total. The third-order valence-corrected chi connectivity index (χ3v) is 4.87. The van der Waals surface area contributed by atoms with Crippen LogP contribution >= 0.6 is 22.7 Å². The zero-order valence-corrected chi connectivity index (χ0v) is 12.4. The molecule has 0 radical (unpaired) electrons. The van der Waals surface area contributed by atoms with Crippen molar-refractivity contribution >= 4 is 32.9 Å². The molecule has 0 bridgehead atoms. The average Bonchev–Trinajstić information content (AvgIpc) is 3.21. The lowest BCUT2D eigenvalue weighted by atomic mass is 10.3. The van der Waals surface area contributed by atoms with E-state index >= 15 is 0 Å². The van der Waals surface area contributed by atoms with E-state index in [4.69, 9.17) is 4.52 Å². The van der Waals surface area contributed by atoms with Crippen LogP contribution in [0.2, 0.25) is 0 Å². The Morgan fingerprint density at radius 1 is 1.24 bits per heavy atom. The summed E-state index contributed by atoms with van der Waals surface area (Å²) in [7, 11) is 0. The zero-order valence-electron chi connectivity index (χ0n) is 10.7. The van der Waals surface area contributed by atoms with Crippen LogP contribution in [0.25, 0.3) is 20.9 Å². The highest BCUT2D eigenvalue weighted by Crippen LogP contribution is 2.25. The molecule has 0 fully saturated rings. The van der Waals surface area contributed by atoms with E-state index in [-0.39, 0.29) is 5.56 Å². The molecule has 0 unspecified atom stereocenters. The molecule has 4 heterocycles. The second-order valence-electron chi connectivity index (χ2n) is 4.47. The van der Waals surface area contributed by atoms with Crippen molar-refractivity contribution in [2.45, 2.75) is 6.54 Å². The fraction of sp³-hybridized carbons (Fsp3) is 0.0714. The van der Waals surface area contributed by atoms with Gasteiger partial charge in [0.05, 0.1) is 23.3 Å². The molecule has 4 aromatic rings. The molecule has 0 aliphatic rings. The van der Waals surface area contributed by atoms with Crippen LogP contribution in [0.5, 0.6) is 0 Å². The van der Waals surface area contributed by atoms with E-state index in [1.807, 2.05) is 35.0 Å². The number of nitrogens with zero attached hydrogens (tertiary/aromatic N) is 3. The number of aromatic nitrogens is 3. The fourth-order valence-corrected chi connectivity index (χ4v) is 3.55. The molecule has 0 aromatic carbocycles. The van der Waals surface area contributed by atoms with Gasteiger partial charge < -0.3 is 4.52 Å². The minimum atomic E-state index is -0.0457. The first-order valence-electron chi connectivity index (χ1n) is 6.23. The predicted octanol–water partition coefficient (Wildman–Crippen LogP) is 3.22. The van der Waals surface area contributed by atoms with Gasteiger partial charge in [-0.25, -0.2) is 4.98 Å². The number of thiophene rings is 2. The topological polar surface area (TPSA) is 60.9 Å². The Balaban J connectivity index is 1.68. The lowest BCUT2D eigenvalue weighted by molar-refractivity contribution is 0.421. The minimum Gasteiger partial charge on any atom is -0.355 e. The van der Waals surface area contributed by atoms with Crippen LogP contribution in [0.1, 0.15) is 5.69 Å². The highest BCUT2D eigenvalue weighted by atomic mass is 32.1. The van der Waals surface area contributed by atoms with Crippen LogP contribution in [0.4, 0.5) is 0 Å². The summed E-state index contributed by atoms with van der Waals surface area (Å²) in [5, 5.41) is 7.88. The summed E-state index contributed by atoms with van der Waals surface area (Å²) in [6, 6.07) is 7.63. The summed E-state index contributed by atoms with van der Waals surface area (Å²) < 4.78 is 7.54. The van der Waals surface area contributed by atoms with Crippen LogP contribution in [0.3, 0.4) is 0 Å². The summed E-state index contributed by atoms with van der Waals surface area (Å²) in [6.07, 6.45) is 1.55. The number of hydrogen-bond donors (Lipinski definition) is 0. The smallest absolute Gasteiger partial charge is 0.271 e. The van der Waals surface area contributed by atoms with Crippen molar-refractivity contribution in [3.05, 3.63) is 57.4 Å². The Kier molecular flexibility index (Phi) is 2.94. The van der Waals surface area contributed by atoms with Gasteiger partial charge in [0.2, 0.25) is 0 Å². The molecule has 0 aliphatic heterocycles. The van der Waals surface area contributed by atoms with Crippen LogP contribution in [-0.2, 0) is 6.54 Å². The molecule has 7 heteroatoms. The molecule has 0 saturated heterocycles. The van der Waals surface area contributed by atoms with E-state index in [0.29, 0.717) is 16.9 Å². The van der Waals surface area contributed by atoms with Gasteiger partial charge in [-0.2, -0.15) is 0 Å². The zero-order chi connectivity index (χ0) is 14.2. The summed E-state index contributed by atoms with van der Waals surface area (Å²) >= 11 is 2.99. The van der Waals surface area contributed by atoms with Gasteiger partial charge in [-0.3, -0.25) is 9.36 Å². The van der Waals surface area contributed by atoms with E-state index < -0.39 is 0 Å². The van der Waals surface area contributed by atoms with Crippen LogP contribution < -0.4 is 5.56 Å². The van der Waals surface area contributed by atoms with E-state index in [2.05, 4.69) is 10.1 Å². The summed E-state index contributed by atoms with van der Waals surface area (Å²) in [5.74, 6) is 0.721. The van der Waals surface area contributed by atoms with E-state index in [1.54, 1.807) is 22.2 Å². The average molecular weight is 315 g/mol. The highest BCUT2D eigenvalue weighted by Gasteiger charge is 2.10. The van der Waals surface area contributed by atoms with Crippen molar-refractivity contribution in [1.29, 1.82) is 0 Å². The molecule has 0 N–H and O–H groups in total. The second kappa shape index (κ2) is 4.94. The Labute approximate surface area is 127 Å². The first kappa shape index (κ1) is 12.5. The largest absolute Gasteiger partial charge is 0.355 e. The standard InChI is InChI=1S/C14H9N3O2S2/c18-14-13-10(3-5-21-13)15-8-17(14)7-9-6-11(19-16-9)12-2-1-4-20-12/h1-6,8H,7H2. The molecule has 104 valence electrons. The van der Waals surface area contributed by atoms with Crippen molar-refractivity contribution in [3.8, 4) is 10.6 Å². The normalized spacial score (nSPS) is 11.2. The molecular weight excluding hydrogens is 306 g/mol. The van der Waals surface area contributed by atoms with Gasteiger partial charge in [-0.05, 0) is 22.9 Å². The van der Waals surface area contributed by atoms with Gasteiger partial charge in [0, 0.05) is 6.07 Å². The van der Waals surface area contributed by atoms with Crippen molar-refractivity contribution in [2.24, 2.45) is 0 Å². The van der Waals surface area contributed by atoms with Gasteiger partial charge in [-0.1, -0.05) is 11.2 Å². The lowest BCUT2D eigenvalue weighted by Crippen LogP contribution is -2.20. The fourth-order valence-electron chi connectivity index (χ4n) is 2.09. The highest BCUT2D eigenvalue weighted by molar-refractivity contribution is 7.17. The Morgan fingerprint density at radius 2 is 2.19 bits per heavy atom. The summed E-state index contributed by atoms with van der Waals surface area (Å²) in [5.41, 5.74) is 1.40. The Hall–Kier alpha value is -2.25. The molecular formula is C14H9N3O2S2. The molecule has 4 rings (SSSR count). The van der Waals surface area contributed by atoms with Gasteiger partial charge in [0.1, 0.15) is 10.4 Å². The summed E-state index contributed by atoms with van der Waals surface area (Å²) in [4.78, 5) is 17.6. The van der Waals surface area contributed by atoms with Gasteiger partial charge in [0.15, 0.2) is 5.76 Å². The van der Waals surface area contributed by atoms with Crippen molar-refractivity contribution < 1.29 is 4.52 Å². The van der Waals surface area contributed by atoms with E-state index in [0.717, 1.165) is 16.2 Å². The van der Waals surface area contributed by atoms with Crippen molar-refractivity contribution in [2.75, 3.05) is 0 Å². The SMILES string of the molecule is O=c1c2sccc2ncn1Cc1cc(-c2cccs2)on1. The molecule has 0 saturated carbocycles. The summed E-state index contributed by atoms with van der Waals surface area (Å²) in [6.45, 7) is 0.356. The molecule has 0 atom stereocenters. The molecule has 4 aromatic heterocycles. The van der Waals surface area contributed by atoms with Crippen molar-refractivity contribution in [1.82, 2.24) is 14.7 Å². The number of hydrogen-bond acceptors (Lipinski definition) is 6. The van der Waals surface area contributed by atoms with Crippen LogP contribution in [-0.4, -0.2) is 14.7 Å². The second-order valence-corrected chi connectivity index (χ2v) is 6.34. The molecule has 0 aliphatic carbocycles. The predicted molar refractivity (Wildman–Crippen MR) is 82.8 cm³/mol. The quantitative estimate of drug-likeness (QED) is 0.582. The Bertz CT molecular complexity index is 950. The van der Waals surface area contributed by atoms with Gasteiger partial charge >= 0.3 is 0 Å². The third-order valence-electron chi connectivity index (χ3n) is 3.09. The van der Waals surface area contributed by atoms with E-state index in [1.165, 1.54) is 11.3 Å². The molecule has 21 heavy (non-hydrogen) atoms. The van der Waals surface area contributed by atoms with Crippen LogP contribution in [0, 0.1) is 0 Å². The maximum absolute atomic E-state index is 12.3. The van der Waals surface area contributed by atoms with Crippen LogP contribution in [0.15, 0.2) is 50.7 Å². The first-order valence-corrected chi connectivity index (χ1v) is 7.99.